The number of amides is 1. The quantitative estimate of drug-likeness (QED) is 0.593. The predicted molar refractivity (Wildman–Crippen MR) is 130 cm³/mol. The molecule has 2 heterocycles. The van der Waals surface area contributed by atoms with Gasteiger partial charge in [-0.15, -0.1) is 0 Å². The minimum Gasteiger partial charge on any atom is -0.356 e. The Kier molecular flexibility index (Phi) is 7.24. The van der Waals surface area contributed by atoms with E-state index < -0.39 is 0 Å². The fourth-order valence-electron chi connectivity index (χ4n) is 4.58. The Morgan fingerprint density at radius 3 is 2.55 bits per heavy atom. The Bertz CT molecular complexity index is 907. The third kappa shape index (κ3) is 5.45. The third-order valence-corrected chi connectivity index (χ3v) is 7.33. The van der Waals surface area contributed by atoms with Crippen LogP contribution in [0.4, 0.5) is 11.4 Å². The van der Waals surface area contributed by atoms with Crippen LogP contribution in [0.3, 0.4) is 0 Å². The molecular formula is C26H35N3OS. The van der Waals surface area contributed by atoms with E-state index in [2.05, 4.69) is 78.4 Å². The van der Waals surface area contributed by atoms with Gasteiger partial charge < -0.3 is 15.1 Å². The standard InChI is InChI=1S/C26H35N3OS/c1-19(2)12-13-27-26(30)17-21-10-11-25-23(16-21)29(20(3)18-28-14-6-7-15-28)22-8-4-5-9-24(22)31-25/h4-5,8-11,16,19-20H,6-7,12-15,17-18H2,1-3H3,(H,27,30). The zero-order valence-corrected chi connectivity index (χ0v) is 19.9. The van der Waals surface area contributed by atoms with E-state index in [9.17, 15) is 4.79 Å². The van der Waals surface area contributed by atoms with E-state index in [1.165, 1.54) is 47.1 Å². The van der Waals surface area contributed by atoms with Gasteiger partial charge in [-0.2, -0.15) is 0 Å². The van der Waals surface area contributed by atoms with Crippen LogP contribution in [0.2, 0.25) is 0 Å². The second kappa shape index (κ2) is 10.1. The number of anilines is 2. The molecule has 5 heteroatoms. The molecule has 0 saturated carbocycles. The summed E-state index contributed by atoms with van der Waals surface area (Å²) >= 11 is 1.84. The lowest BCUT2D eigenvalue weighted by molar-refractivity contribution is -0.120. The smallest absolute Gasteiger partial charge is 0.224 e. The summed E-state index contributed by atoms with van der Waals surface area (Å²) in [6.07, 6.45) is 4.08. The number of carbonyl (C=O) groups is 1. The van der Waals surface area contributed by atoms with E-state index in [1.807, 2.05) is 11.8 Å². The van der Waals surface area contributed by atoms with E-state index in [1.54, 1.807) is 0 Å². The molecule has 1 unspecified atom stereocenters. The van der Waals surface area contributed by atoms with Crippen molar-refractivity contribution < 1.29 is 4.79 Å². The maximum Gasteiger partial charge on any atom is 0.224 e. The molecule has 0 aromatic heterocycles. The molecule has 2 aromatic rings. The van der Waals surface area contributed by atoms with Gasteiger partial charge in [0, 0.05) is 28.9 Å². The van der Waals surface area contributed by atoms with Crippen LogP contribution < -0.4 is 10.2 Å². The van der Waals surface area contributed by atoms with Gasteiger partial charge in [0.2, 0.25) is 5.91 Å². The van der Waals surface area contributed by atoms with Crippen LogP contribution in [-0.4, -0.2) is 43.0 Å². The van der Waals surface area contributed by atoms with Gasteiger partial charge >= 0.3 is 0 Å². The lowest BCUT2D eigenvalue weighted by atomic mass is 10.1. The lowest BCUT2D eigenvalue weighted by Gasteiger charge is -2.39. The number of hydrogen-bond acceptors (Lipinski definition) is 4. The van der Waals surface area contributed by atoms with Crippen molar-refractivity contribution in [3.63, 3.8) is 0 Å². The SMILES string of the molecule is CC(C)CCNC(=O)Cc1ccc2c(c1)N(C(C)CN1CCCC1)c1ccccc1S2. The number of para-hydroxylation sites is 1. The number of carbonyl (C=O) groups excluding carboxylic acids is 1. The fraction of sp³-hybridized carbons (Fsp3) is 0.500. The molecule has 166 valence electrons. The van der Waals surface area contributed by atoms with Crippen molar-refractivity contribution in [2.24, 2.45) is 5.92 Å². The fourth-order valence-corrected chi connectivity index (χ4v) is 5.63. The summed E-state index contributed by atoms with van der Waals surface area (Å²) in [6, 6.07) is 15.6. The number of likely N-dealkylation sites (tertiary alicyclic amines) is 1. The molecule has 0 spiro atoms. The maximum atomic E-state index is 12.5. The van der Waals surface area contributed by atoms with Gasteiger partial charge in [-0.05, 0) is 75.0 Å². The molecule has 2 aliphatic heterocycles. The second-order valence-electron chi connectivity index (χ2n) is 9.31. The summed E-state index contributed by atoms with van der Waals surface area (Å²) < 4.78 is 0. The van der Waals surface area contributed by atoms with Crippen molar-refractivity contribution in [2.75, 3.05) is 31.1 Å². The van der Waals surface area contributed by atoms with Crippen LogP contribution in [0.25, 0.3) is 0 Å². The molecule has 1 atom stereocenters. The van der Waals surface area contributed by atoms with Gasteiger partial charge in [-0.3, -0.25) is 4.79 Å². The van der Waals surface area contributed by atoms with E-state index in [-0.39, 0.29) is 5.91 Å². The van der Waals surface area contributed by atoms with Crippen LogP contribution in [-0.2, 0) is 11.2 Å². The van der Waals surface area contributed by atoms with E-state index in [0.717, 1.165) is 25.1 Å². The lowest BCUT2D eigenvalue weighted by Crippen LogP contribution is -2.40. The van der Waals surface area contributed by atoms with Crippen molar-refractivity contribution >= 4 is 29.0 Å². The summed E-state index contributed by atoms with van der Waals surface area (Å²) in [4.78, 5) is 20.1. The first-order valence-corrected chi connectivity index (χ1v) is 12.5. The average molecular weight is 438 g/mol. The van der Waals surface area contributed by atoms with Crippen LogP contribution in [0, 0.1) is 5.92 Å². The first-order chi connectivity index (χ1) is 15.0. The van der Waals surface area contributed by atoms with Crippen molar-refractivity contribution in [3.8, 4) is 0 Å². The summed E-state index contributed by atoms with van der Waals surface area (Å²) in [7, 11) is 0. The average Bonchev–Trinajstić information content (AvgIpc) is 3.24. The second-order valence-corrected chi connectivity index (χ2v) is 10.4. The highest BCUT2D eigenvalue weighted by atomic mass is 32.2. The van der Waals surface area contributed by atoms with Gasteiger partial charge in [0.05, 0.1) is 17.8 Å². The Labute approximate surface area is 191 Å². The van der Waals surface area contributed by atoms with E-state index >= 15 is 0 Å². The highest BCUT2D eigenvalue weighted by Gasteiger charge is 2.29. The van der Waals surface area contributed by atoms with Crippen LogP contribution in [0.1, 0.15) is 45.6 Å². The number of nitrogens with zero attached hydrogens (tertiary/aromatic N) is 2. The molecular weight excluding hydrogens is 402 g/mol. The summed E-state index contributed by atoms with van der Waals surface area (Å²) in [6.45, 7) is 10.9. The molecule has 1 N–H and O–H groups in total. The van der Waals surface area contributed by atoms with Crippen molar-refractivity contribution in [2.45, 2.75) is 62.3 Å². The molecule has 31 heavy (non-hydrogen) atoms. The van der Waals surface area contributed by atoms with Gasteiger partial charge in [-0.1, -0.05) is 43.8 Å². The van der Waals surface area contributed by atoms with Crippen LogP contribution in [0.5, 0.6) is 0 Å². The summed E-state index contributed by atoms with van der Waals surface area (Å²) in [5.41, 5.74) is 3.60. The Hall–Kier alpha value is -1.98. The molecule has 0 aliphatic carbocycles. The molecule has 0 radical (unpaired) electrons. The number of rotatable bonds is 8. The molecule has 1 saturated heterocycles. The first kappa shape index (κ1) is 22.2. The molecule has 2 aliphatic rings. The molecule has 1 fully saturated rings. The zero-order valence-electron chi connectivity index (χ0n) is 19.1. The third-order valence-electron chi connectivity index (χ3n) is 6.20. The van der Waals surface area contributed by atoms with Crippen molar-refractivity contribution in [1.29, 1.82) is 0 Å². The Balaban J connectivity index is 1.55. The van der Waals surface area contributed by atoms with E-state index in [4.69, 9.17) is 0 Å². The number of fused-ring (bicyclic) bond motifs is 2. The molecule has 1 amide bonds. The van der Waals surface area contributed by atoms with Gasteiger partial charge in [0.25, 0.3) is 0 Å². The van der Waals surface area contributed by atoms with Gasteiger partial charge in [0.15, 0.2) is 0 Å². The maximum absolute atomic E-state index is 12.5. The largest absolute Gasteiger partial charge is 0.356 e. The van der Waals surface area contributed by atoms with Gasteiger partial charge in [-0.25, -0.2) is 0 Å². The molecule has 4 rings (SSSR count). The van der Waals surface area contributed by atoms with Crippen LogP contribution in [0.15, 0.2) is 52.3 Å². The van der Waals surface area contributed by atoms with Crippen molar-refractivity contribution in [3.05, 3.63) is 48.0 Å². The first-order valence-electron chi connectivity index (χ1n) is 11.7. The van der Waals surface area contributed by atoms with Crippen LogP contribution >= 0.6 is 11.8 Å². The normalized spacial score (nSPS) is 16.8. The Morgan fingerprint density at radius 1 is 1.03 bits per heavy atom. The minimum atomic E-state index is 0.112. The van der Waals surface area contributed by atoms with Gasteiger partial charge in [0.1, 0.15) is 0 Å². The monoisotopic (exact) mass is 437 g/mol. The van der Waals surface area contributed by atoms with E-state index in [0.29, 0.717) is 18.4 Å². The topological polar surface area (TPSA) is 35.6 Å². The zero-order chi connectivity index (χ0) is 21.8. The number of benzene rings is 2. The van der Waals surface area contributed by atoms with Crippen molar-refractivity contribution in [1.82, 2.24) is 10.2 Å². The predicted octanol–water partition coefficient (Wildman–Crippen LogP) is 5.48. The highest BCUT2D eigenvalue weighted by molar-refractivity contribution is 7.99. The molecule has 2 aromatic carbocycles. The highest BCUT2D eigenvalue weighted by Crippen LogP contribution is 2.49. The summed E-state index contributed by atoms with van der Waals surface area (Å²) in [5, 5.41) is 3.08. The minimum absolute atomic E-state index is 0.112. The molecule has 0 bridgehead atoms. The number of nitrogens with one attached hydrogen (secondary N) is 1. The molecule has 4 nitrogen and oxygen atoms in total. The summed E-state index contributed by atoms with van der Waals surface area (Å²) in [5.74, 6) is 0.716. The number of hydrogen-bond donors (Lipinski definition) is 1. The Morgan fingerprint density at radius 2 is 1.77 bits per heavy atom.